The van der Waals surface area contributed by atoms with Crippen molar-refractivity contribution in [2.75, 3.05) is 13.1 Å². The van der Waals surface area contributed by atoms with Crippen molar-refractivity contribution in [2.45, 2.75) is 57.5 Å². The summed E-state index contributed by atoms with van der Waals surface area (Å²) in [4.78, 5) is 12.7. The van der Waals surface area contributed by atoms with Gasteiger partial charge in [0.1, 0.15) is 6.61 Å². The average molecular weight is 416 g/mol. The van der Waals surface area contributed by atoms with E-state index in [-0.39, 0.29) is 17.1 Å². The van der Waals surface area contributed by atoms with Crippen LogP contribution in [0, 0.1) is 6.92 Å². The van der Waals surface area contributed by atoms with E-state index < -0.39 is 16.0 Å². The van der Waals surface area contributed by atoms with E-state index in [0.29, 0.717) is 24.6 Å². The molecule has 2 aromatic rings. The highest BCUT2D eigenvalue weighted by molar-refractivity contribution is 7.89. The molecule has 156 valence electrons. The Balaban J connectivity index is 1.73. The number of sulfonamides is 1. The number of nitrogens with zero attached hydrogens (tertiary/aromatic N) is 1. The third kappa shape index (κ3) is 5.06. The number of piperidine rings is 1. The van der Waals surface area contributed by atoms with Gasteiger partial charge in [-0.25, -0.2) is 13.2 Å². The number of hydrogen-bond acceptors (Lipinski definition) is 4. The molecule has 0 spiro atoms. The smallest absolute Gasteiger partial charge is 0.338 e. The first-order chi connectivity index (χ1) is 13.8. The van der Waals surface area contributed by atoms with Gasteiger partial charge in [0.2, 0.25) is 10.0 Å². The Hall–Kier alpha value is -2.18. The summed E-state index contributed by atoms with van der Waals surface area (Å²) < 4.78 is 33.0. The minimum Gasteiger partial charge on any atom is -0.457 e. The fourth-order valence-electron chi connectivity index (χ4n) is 3.48. The molecule has 0 atom stereocenters. The van der Waals surface area contributed by atoms with Crippen LogP contribution in [0.1, 0.15) is 66.1 Å². The van der Waals surface area contributed by atoms with E-state index in [1.807, 2.05) is 24.3 Å². The van der Waals surface area contributed by atoms with E-state index in [4.69, 9.17) is 4.74 Å². The summed E-state index contributed by atoms with van der Waals surface area (Å²) in [6.45, 7) is 7.22. The minimum absolute atomic E-state index is 0.152. The molecule has 29 heavy (non-hydrogen) atoms. The van der Waals surface area contributed by atoms with Crippen molar-refractivity contribution in [1.82, 2.24) is 4.31 Å². The molecule has 1 saturated heterocycles. The average Bonchev–Trinajstić information content (AvgIpc) is 2.73. The van der Waals surface area contributed by atoms with E-state index >= 15 is 0 Å². The van der Waals surface area contributed by atoms with E-state index in [1.165, 1.54) is 15.9 Å². The summed E-state index contributed by atoms with van der Waals surface area (Å²) in [5.74, 6) is -0.0764. The van der Waals surface area contributed by atoms with E-state index in [0.717, 1.165) is 24.8 Å². The van der Waals surface area contributed by atoms with Gasteiger partial charge in [-0.2, -0.15) is 4.31 Å². The fourth-order valence-corrected chi connectivity index (χ4v) is 5.25. The summed E-state index contributed by atoms with van der Waals surface area (Å²) in [7, 11) is -3.60. The van der Waals surface area contributed by atoms with Crippen molar-refractivity contribution in [1.29, 1.82) is 0 Å². The molecule has 0 saturated carbocycles. The van der Waals surface area contributed by atoms with Crippen LogP contribution in [-0.4, -0.2) is 31.8 Å². The number of ether oxygens (including phenoxy) is 1. The molecule has 0 radical (unpaired) electrons. The second-order valence-corrected chi connectivity index (χ2v) is 9.82. The highest BCUT2D eigenvalue weighted by Gasteiger charge is 2.28. The molecule has 3 rings (SSSR count). The predicted octanol–water partition coefficient (Wildman–Crippen LogP) is 4.65. The Bertz CT molecular complexity index is 959. The summed E-state index contributed by atoms with van der Waals surface area (Å²) >= 11 is 0. The van der Waals surface area contributed by atoms with Crippen molar-refractivity contribution >= 4 is 16.0 Å². The molecular formula is C23H29NO4S. The number of hydrogen-bond donors (Lipinski definition) is 0. The van der Waals surface area contributed by atoms with Crippen LogP contribution in [0.25, 0.3) is 0 Å². The molecule has 2 aromatic carbocycles. The van der Waals surface area contributed by atoms with Gasteiger partial charge >= 0.3 is 5.97 Å². The molecule has 1 aliphatic rings. The lowest BCUT2D eigenvalue weighted by atomic mass is 10.0. The molecule has 0 N–H and O–H groups in total. The van der Waals surface area contributed by atoms with Crippen LogP contribution in [-0.2, 0) is 21.4 Å². The molecular weight excluding hydrogens is 386 g/mol. The van der Waals surface area contributed by atoms with E-state index in [9.17, 15) is 13.2 Å². The topological polar surface area (TPSA) is 63.7 Å². The number of aryl methyl sites for hydroxylation is 1. The van der Waals surface area contributed by atoms with Gasteiger partial charge in [0.05, 0.1) is 10.5 Å². The van der Waals surface area contributed by atoms with E-state index in [2.05, 4.69) is 13.8 Å². The predicted molar refractivity (Wildman–Crippen MR) is 113 cm³/mol. The lowest BCUT2D eigenvalue weighted by Crippen LogP contribution is -2.36. The van der Waals surface area contributed by atoms with Gasteiger partial charge in [0.15, 0.2) is 0 Å². The first-order valence-corrected chi connectivity index (χ1v) is 11.6. The summed E-state index contributed by atoms with van der Waals surface area (Å²) in [5, 5.41) is 0. The van der Waals surface area contributed by atoms with Crippen LogP contribution < -0.4 is 0 Å². The van der Waals surface area contributed by atoms with Crippen LogP contribution in [0.4, 0.5) is 0 Å². The zero-order chi connectivity index (χ0) is 21.0. The maximum Gasteiger partial charge on any atom is 0.338 e. The summed E-state index contributed by atoms with van der Waals surface area (Å²) in [6, 6.07) is 12.7. The maximum absolute atomic E-state index is 13.0. The molecule has 1 fully saturated rings. The molecule has 1 heterocycles. The van der Waals surface area contributed by atoms with Gasteiger partial charge in [-0.15, -0.1) is 0 Å². The normalized spacial score (nSPS) is 15.4. The Morgan fingerprint density at radius 3 is 2.31 bits per heavy atom. The molecule has 0 amide bonds. The van der Waals surface area contributed by atoms with Gasteiger partial charge in [0, 0.05) is 13.1 Å². The van der Waals surface area contributed by atoms with Crippen LogP contribution in [0.3, 0.4) is 0 Å². The Labute approximate surface area is 173 Å². The Morgan fingerprint density at radius 1 is 1.03 bits per heavy atom. The van der Waals surface area contributed by atoms with E-state index in [1.54, 1.807) is 19.1 Å². The monoisotopic (exact) mass is 415 g/mol. The Kier molecular flexibility index (Phi) is 6.75. The number of carbonyl (C=O) groups is 1. The minimum atomic E-state index is -3.60. The number of esters is 1. The van der Waals surface area contributed by atoms with Crippen molar-refractivity contribution in [3.63, 3.8) is 0 Å². The summed E-state index contributed by atoms with van der Waals surface area (Å²) in [6.07, 6.45) is 2.79. The van der Waals surface area contributed by atoms with Crippen molar-refractivity contribution in [2.24, 2.45) is 0 Å². The third-order valence-corrected chi connectivity index (χ3v) is 7.41. The Morgan fingerprint density at radius 2 is 1.69 bits per heavy atom. The molecule has 0 bridgehead atoms. The lowest BCUT2D eigenvalue weighted by molar-refractivity contribution is 0.0472. The lowest BCUT2D eigenvalue weighted by Gasteiger charge is -2.26. The second kappa shape index (κ2) is 9.09. The SMILES string of the molecule is Cc1ccc(C(=O)OCc2ccc(C(C)C)cc2)cc1S(=O)(=O)N1CCCCC1. The number of carbonyl (C=O) groups excluding carboxylic acids is 1. The summed E-state index contributed by atoms with van der Waals surface area (Å²) in [5.41, 5.74) is 3.02. The standard InChI is InChI=1S/C23H29NO4S/c1-17(2)20-11-8-19(9-12-20)16-28-23(25)21-10-7-18(3)22(15-21)29(26,27)24-13-5-4-6-14-24/h7-12,15,17H,4-6,13-14,16H2,1-3H3. The molecule has 0 aromatic heterocycles. The van der Waals surface area contributed by atoms with Crippen LogP contribution >= 0.6 is 0 Å². The first kappa shape index (κ1) is 21.5. The van der Waals surface area contributed by atoms with Gasteiger partial charge < -0.3 is 4.74 Å². The largest absolute Gasteiger partial charge is 0.457 e. The number of rotatable bonds is 6. The van der Waals surface area contributed by atoms with Gasteiger partial charge in [-0.05, 0) is 54.5 Å². The molecule has 5 nitrogen and oxygen atoms in total. The third-order valence-electron chi connectivity index (χ3n) is 5.37. The number of benzene rings is 2. The second-order valence-electron chi connectivity index (χ2n) is 7.92. The highest BCUT2D eigenvalue weighted by atomic mass is 32.2. The van der Waals surface area contributed by atoms with Crippen LogP contribution in [0.15, 0.2) is 47.4 Å². The highest BCUT2D eigenvalue weighted by Crippen LogP contribution is 2.25. The fraction of sp³-hybridized carbons (Fsp3) is 0.435. The van der Waals surface area contributed by atoms with Crippen molar-refractivity contribution < 1.29 is 17.9 Å². The van der Waals surface area contributed by atoms with Crippen molar-refractivity contribution in [3.05, 3.63) is 64.7 Å². The molecule has 6 heteroatoms. The molecule has 0 unspecified atom stereocenters. The van der Waals surface area contributed by atoms with Gasteiger partial charge in [-0.3, -0.25) is 0 Å². The molecule has 1 aliphatic heterocycles. The molecule has 0 aliphatic carbocycles. The quantitative estimate of drug-likeness (QED) is 0.644. The van der Waals surface area contributed by atoms with Crippen molar-refractivity contribution in [3.8, 4) is 0 Å². The van der Waals surface area contributed by atoms with Crippen LogP contribution in [0.2, 0.25) is 0 Å². The first-order valence-electron chi connectivity index (χ1n) is 10.2. The van der Waals surface area contributed by atoms with Crippen LogP contribution in [0.5, 0.6) is 0 Å². The van der Waals surface area contributed by atoms with Gasteiger partial charge in [-0.1, -0.05) is 50.6 Å². The van der Waals surface area contributed by atoms with Gasteiger partial charge in [0.25, 0.3) is 0 Å². The zero-order valence-electron chi connectivity index (χ0n) is 17.3. The maximum atomic E-state index is 13.0. The zero-order valence-corrected chi connectivity index (χ0v) is 18.2.